The van der Waals surface area contributed by atoms with Gasteiger partial charge < -0.3 is 14.2 Å². The third-order valence-corrected chi connectivity index (χ3v) is 10.3. The monoisotopic (exact) mass is 799 g/mol. The Hall–Kier alpha value is -2.63. The molecule has 0 saturated heterocycles. The number of allylic oxidation sites excluding steroid dienone is 8. The number of esters is 3. The maximum atomic E-state index is 12.7. The lowest BCUT2D eigenvalue weighted by Crippen LogP contribution is -2.30. The third-order valence-electron chi connectivity index (χ3n) is 10.3. The fraction of sp³-hybridized carbons (Fsp3) is 0.784. The number of ether oxygens (including phenoxy) is 3. The lowest BCUT2D eigenvalue weighted by molar-refractivity contribution is -0.167. The summed E-state index contributed by atoms with van der Waals surface area (Å²) in [7, 11) is 0. The smallest absolute Gasteiger partial charge is 0.306 e. The molecule has 0 N–H and O–H groups in total. The van der Waals surface area contributed by atoms with E-state index in [1.165, 1.54) is 103 Å². The molecule has 0 aromatic rings. The van der Waals surface area contributed by atoms with Crippen LogP contribution in [0.15, 0.2) is 48.6 Å². The van der Waals surface area contributed by atoms with Crippen LogP contribution in [0.3, 0.4) is 0 Å². The molecule has 0 spiro atoms. The molecule has 0 aromatic heterocycles. The van der Waals surface area contributed by atoms with Gasteiger partial charge in [-0.25, -0.2) is 0 Å². The van der Waals surface area contributed by atoms with Gasteiger partial charge in [0.05, 0.1) is 0 Å². The van der Waals surface area contributed by atoms with Gasteiger partial charge in [0.1, 0.15) is 13.2 Å². The van der Waals surface area contributed by atoms with Crippen LogP contribution in [-0.4, -0.2) is 37.2 Å². The maximum Gasteiger partial charge on any atom is 0.306 e. The Morgan fingerprint density at radius 1 is 0.368 bits per heavy atom. The van der Waals surface area contributed by atoms with Crippen LogP contribution in [0, 0.1) is 0 Å². The van der Waals surface area contributed by atoms with Gasteiger partial charge >= 0.3 is 17.9 Å². The first-order valence-corrected chi connectivity index (χ1v) is 24.1. The zero-order valence-electron chi connectivity index (χ0n) is 37.6. The molecule has 0 saturated carbocycles. The Morgan fingerprint density at radius 2 is 0.684 bits per heavy atom. The summed E-state index contributed by atoms with van der Waals surface area (Å²) in [6.45, 7) is 6.45. The van der Waals surface area contributed by atoms with Gasteiger partial charge in [0.2, 0.25) is 0 Å². The molecule has 6 heteroatoms. The molecule has 1 atom stereocenters. The molecule has 0 amide bonds. The quantitative estimate of drug-likeness (QED) is 0.0265. The largest absolute Gasteiger partial charge is 0.462 e. The zero-order chi connectivity index (χ0) is 41.5. The topological polar surface area (TPSA) is 78.9 Å². The van der Waals surface area contributed by atoms with Crippen LogP contribution in [0.2, 0.25) is 0 Å². The van der Waals surface area contributed by atoms with Crippen molar-refractivity contribution in [3.05, 3.63) is 48.6 Å². The standard InChI is InChI=1S/C51H90O6/c1-4-7-10-13-16-18-20-22-24-25-26-28-29-31-33-35-38-41-44-50(53)56-47-48(46-55-49(52)43-40-37-15-12-9-6-3)57-51(54)45-42-39-36-34-32-30-27-23-21-19-17-14-11-8-5-2/h8,11,17,19,23-25,27,48H,4-7,9-10,12-16,18,20-22,26,28-47H2,1-3H3/b11-8-,19-17-,25-24-,27-23-. The van der Waals surface area contributed by atoms with E-state index in [9.17, 15) is 14.4 Å². The number of hydrogen-bond donors (Lipinski definition) is 0. The Labute approximate surface area is 352 Å². The normalized spacial score (nSPS) is 12.4. The molecular weight excluding hydrogens is 709 g/mol. The van der Waals surface area contributed by atoms with Crippen molar-refractivity contribution in [2.45, 2.75) is 245 Å². The summed E-state index contributed by atoms with van der Waals surface area (Å²) in [5, 5.41) is 0. The third kappa shape index (κ3) is 44.3. The molecule has 1 unspecified atom stereocenters. The highest BCUT2D eigenvalue weighted by Gasteiger charge is 2.19. The number of rotatable bonds is 43. The SMILES string of the molecule is CC/C=C\C/C=C\C/C=C\CCCCCCCC(=O)OC(COC(=O)CCCCCCCC)COC(=O)CCCCCCCCC/C=C\CCCCCCCCC. The van der Waals surface area contributed by atoms with E-state index in [2.05, 4.69) is 69.4 Å². The summed E-state index contributed by atoms with van der Waals surface area (Å²) in [5.41, 5.74) is 0. The Bertz CT molecular complexity index is 1010. The van der Waals surface area contributed by atoms with Crippen molar-refractivity contribution in [1.29, 1.82) is 0 Å². The minimum absolute atomic E-state index is 0.0815. The van der Waals surface area contributed by atoms with Gasteiger partial charge in [0.15, 0.2) is 6.10 Å². The summed E-state index contributed by atoms with van der Waals surface area (Å²) in [6.07, 6.45) is 54.0. The minimum atomic E-state index is -0.778. The molecule has 57 heavy (non-hydrogen) atoms. The molecule has 0 fully saturated rings. The van der Waals surface area contributed by atoms with Crippen LogP contribution in [0.25, 0.3) is 0 Å². The second kappa shape index (κ2) is 46.1. The van der Waals surface area contributed by atoms with E-state index in [0.717, 1.165) is 96.3 Å². The molecule has 6 nitrogen and oxygen atoms in total. The number of unbranched alkanes of at least 4 members (excludes halogenated alkanes) is 24. The second-order valence-corrected chi connectivity index (χ2v) is 16.0. The average molecular weight is 799 g/mol. The van der Waals surface area contributed by atoms with Gasteiger partial charge in [-0.05, 0) is 77.0 Å². The first-order valence-electron chi connectivity index (χ1n) is 24.1. The first-order chi connectivity index (χ1) is 28.0. The minimum Gasteiger partial charge on any atom is -0.462 e. The van der Waals surface area contributed by atoms with E-state index >= 15 is 0 Å². The van der Waals surface area contributed by atoms with Gasteiger partial charge in [-0.1, -0.05) is 191 Å². The molecule has 0 bridgehead atoms. The molecule has 0 aliphatic rings. The molecule has 0 aliphatic heterocycles. The van der Waals surface area contributed by atoms with E-state index in [1.807, 2.05) is 0 Å². The van der Waals surface area contributed by atoms with Gasteiger partial charge in [-0.3, -0.25) is 14.4 Å². The summed E-state index contributed by atoms with van der Waals surface area (Å²) < 4.78 is 16.7. The Balaban J connectivity index is 4.25. The van der Waals surface area contributed by atoms with Crippen molar-refractivity contribution in [1.82, 2.24) is 0 Å². The number of hydrogen-bond acceptors (Lipinski definition) is 6. The second-order valence-electron chi connectivity index (χ2n) is 16.0. The fourth-order valence-electron chi connectivity index (χ4n) is 6.69. The van der Waals surface area contributed by atoms with E-state index < -0.39 is 6.10 Å². The summed E-state index contributed by atoms with van der Waals surface area (Å²) in [4.78, 5) is 37.6. The summed E-state index contributed by atoms with van der Waals surface area (Å²) in [6, 6.07) is 0. The number of carbonyl (C=O) groups excluding carboxylic acids is 3. The fourth-order valence-corrected chi connectivity index (χ4v) is 6.69. The van der Waals surface area contributed by atoms with Crippen molar-refractivity contribution in [3.8, 4) is 0 Å². The molecule has 0 aromatic carbocycles. The van der Waals surface area contributed by atoms with Gasteiger partial charge in [-0.15, -0.1) is 0 Å². The van der Waals surface area contributed by atoms with Crippen molar-refractivity contribution in [2.24, 2.45) is 0 Å². The molecule has 0 radical (unpaired) electrons. The van der Waals surface area contributed by atoms with Crippen LogP contribution in [-0.2, 0) is 28.6 Å². The van der Waals surface area contributed by atoms with Gasteiger partial charge in [0, 0.05) is 19.3 Å². The highest BCUT2D eigenvalue weighted by Crippen LogP contribution is 2.14. The molecule has 0 aliphatic carbocycles. The van der Waals surface area contributed by atoms with Crippen molar-refractivity contribution in [3.63, 3.8) is 0 Å². The highest BCUT2D eigenvalue weighted by molar-refractivity contribution is 5.71. The van der Waals surface area contributed by atoms with Crippen LogP contribution in [0.1, 0.15) is 239 Å². The van der Waals surface area contributed by atoms with E-state index in [0.29, 0.717) is 19.3 Å². The maximum absolute atomic E-state index is 12.7. The van der Waals surface area contributed by atoms with Crippen molar-refractivity contribution < 1.29 is 28.6 Å². The average Bonchev–Trinajstić information content (AvgIpc) is 3.21. The molecule has 0 rings (SSSR count). The van der Waals surface area contributed by atoms with E-state index in [-0.39, 0.29) is 31.1 Å². The van der Waals surface area contributed by atoms with Gasteiger partial charge in [0.25, 0.3) is 0 Å². The van der Waals surface area contributed by atoms with Crippen LogP contribution < -0.4 is 0 Å². The molecule has 0 heterocycles. The zero-order valence-corrected chi connectivity index (χ0v) is 37.6. The summed E-state index contributed by atoms with van der Waals surface area (Å²) in [5.74, 6) is -0.910. The van der Waals surface area contributed by atoms with E-state index in [4.69, 9.17) is 14.2 Å². The predicted octanol–water partition coefficient (Wildman–Crippen LogP) is 15.5. The van der Waals surface area contributed by atoms with Crippen LogP contribution in [0.5, 0.6) is 0 Å². The first kappa shape index (κ1) is 54.4. The van der Waals surface area contributed by atoms with Crippen LogP contribution in [0.4, 0.5) is 0 Å². The lowest BCUT2D eigenvalue weighted by atomic mass is 10.1. The molecular formula is C51H90O6. The predicted molar refractivity (Wildman–Crippen MR) is 242 cm³/mol. The van der Waals surface area contributed by atoms with Crippen molar-refractivity contribution >= 4 is 17.9 Å². The Kier molecular flexibility index (Phi) is 43.9. The lowest BCUT2D eigenvalue weighted by Gasteiger charge is -2.18. The summed E-state index contributed by atoms with van der Waals surface area (Å²) >= 11 is 0. The highest BCUT2D eigenvalue weighted by atomic mass is 16.6. The number of carbonyl (C=O) groups is 3. The Morgan fingerprint density at radius 3 is 1.09 bits per heavy atom. The van der Waals surface area contributed by atoms with Gasteiger partial charge in [-0.2, -0.15) is 0 Å². The van der Waals surface area contributed by atoms with Crippen LogP contribution >= 0.6 is 0 Å². The van der Waals surface area contributed by atoms with E-state index in [1.54, 1.807) is 0 Å². The molecule has 330 valence electrons. The van der Waals surface area contributed by atoms with Crippen molar-refractivity contribution in [2.75, 3.05) is 13.2 Å².